The zero-order valence-electron chi connectivity index (χ0n) is 17.0. The Morgan fingerprint density at radius 3 is 2.35 bits per heavy atom. The van der Waals surface area contributed by atoms with Crippen molar-refractivity contribution in [2.45, 2.75) is 10.9 Å². The number of anilines is 1. The van der Waals surface area contributed by atoms with Gasteiger partial charge in [0.1, 0.15) is 5.75 Å². The molecule has 158 valence electrons. The van der Waals surface area contributed by atoms with Crippen molar-refractivity contribution >= 4 is 15.8 Å². The lowest BCUT2D eigenvalue weighted by molar-refractivity contribution is 0.414. The van der Waals surface area contributed by atoms with E-state index in [1.165, 1.54) is 6.26 Å². The highest BCUT2D eigenvalue weighted by molar-refractivity contribution is 7.90. The van der Waals surface area contributed by atoms with Crippen molar-refractivity contribution < 1.29 is 17.7 Å². The van der Waals surface area contributed by atoms with Gasteiger partial charge in [0.2, 0.25) is 0 Å². The molecule has 3 aromatic carbocycles. The first-order valence-corrected chi connectivity index (χ1v) is 11.4. The molecule has 4 aromatic rings. The van der Waals surface area contributed by atoms with Crippen LogP contribution < -0.4 is 10.1 Å². The van der Waals surface area contributed by atoms with Crippen LogP contribution in [0.5, 0.6) is 5.75 Å². The minimum Gasteiger partial charge on any atom is -0.497 e. The minimum atomic E-state index is -3.35. The first-order chi connectivity index (χ1) is 14.9. The molecule has 1 heterocycles. The fraction of sp³-hybridized carbons (Fsp3) is 0.130. The second-order valence-electron chi connectivity index (χ2n) is 6.98. The molecule has 0 saturated heterocycles. The third-order valence-electron chi connectivity index (χ3n) is 4.79. The average molecular weight is 436 g/mol. The molecular formula is C23H21N3O4S. The fourth-order valence-corrected chi connectivity index (χ4v) is 3.87. The third kappa shape index (κ3) is 4.75. The molecule has 0 aliphatic heterocycles. The zero-order valence-corrected chi connectivity index (χ0v) is 17.8. The van der Waals surface area contributed by atoms with Crippen molar-refractivity contribution in [3.05, 3.63) is 90.0 Å². The number of methoxy groups -OCH3 is 1. The number of hydrogen-bond donors (Lipinski definition) is 1. The molecule has 0 amide bonds. The van der Waals surface area contributed by atoms with Gasteiger partial charge in [-0.15, -0.1) is 0 Å². The van der Waals surface area contributed by atoms with Crippen LogP contribution in [0, 0.1) is 0 Å². The van der Waals surface area contributed by atoms with Gasteiger partial charge in [-0.25, -0.2) is 8.42 Å². The molecule has 1 aromatic heterocycles. The Morgan fingerprint density at radius 2 is 1.68 bits per heavy atom. The lowest BCUT2D eigenvalue weighted by Gasteiger charge is -2.19. The zero-order chi connectivity index (χ0) is 21.8. The maximum absolute atomic E-state index is 12.1. The summed E-state index contributed by atoms with van der Waals surface area (Å²) in [6.07, 6.45) is 1.19. The molecule has 0 aliphatic carbocycles. The lowest BCUT2D eigenvalue weighted by Crippen LogP contribution is -2.14. The molecule has 0 bridgehead atoms. The summed E-state index contributed by atoms with van der Waals surface area (Å²) in [5.41, 5.74) is 2.44. The molecule has 1 N–H and O–H groups in total. The Kier molecular flexibility index (Phi) is 5.73. The molecule has 7 nitrogen and oxygen atoms in total. The van der Waals surface area contributed by atoms with Crippen LogP contribution in [0.1, 0.15) is 17.2 Å². The van der Waals surface area contributed by atoms with Crippen molar-refractivity contribution in [2.24, 2.45) is 0 Å². The fourth-order valence-electron chi connectivity index (χ4n) is 3.19. The third-order valence-corrected chi connectivity index (χ3v) is 5.90. The number of rotatable bonds is 7. The molecule has 0 aliphatic rings. The van der Waals surface area contributed by atoms with Gasteiger partial charge in [-0.3, -0.25) is 0 Å². The van der Waals surface area contributed by atoms with Crippen LogP contribution in [0.25, 0.3) is 11.5 Å². The van der Waals surface area contributed by atoms with Crippen LogP contribution in [-0.4, -0.2) is 31.9 Å². The van der Waals surface area contributed by atoms with Crippen molar-refractivity contribution in [1.29, 1.82) is 0 Å². The number of nitrogens with zero attached hydrogens (tertiary/aromatic N) is 2. The summed E-state index contributed by atoms with van der Waals surface area (Å²) in [7, 11) is -1.75. The summed E-state index contributed by atoms with van der Waals surface area (Å²) in [5.74, 6) is 1.41. The van der Waals surface area contributed by atoms with E-state index in [4.69, 9.17) is 9.26 Å². The standard InChI is InChI=1S/C23H21N3O4S/c1-29-19-13-11-16(12-14-19)21(18-9-6-10-20(15-18)31(2,27)28)24-23-25-22(30-26-23)17-7-4-3-5-8-17/h3-15,21H,1-2H3,(H,24,26). The summed E-state index contributed by atoms with van der Waals surface area (Å²) >= 11 is 0. The first-order valence-electron chi connectivity index (χ1n) is 9.54. The van der Waals surface area contributed by atoms with E-state index < -0.39 is 15.9 Å². The SMILES string of the molecule is COc1ccc(C(Nc2noc(-c3ccccc3)n2)c2cccc(S(C)(=O)=O)c2)cc1. The number of benzene rings is 3. The Balaban J connectivity index is 1.72. The maximum atomic E-state index is 12.1. The average Bonchev–Trinajstić information content (AvgIpc) is 3.26. The summed E-state index contributed by atoms with van der Waals surface area (Å²) < 4.78 is 34.8. The first kappa shape index (κ1) is 20.6. The Labute approximate surface area is 180 Å². The molecule has 0 fully saturated rings. The van der Waals surface area contributed by atoms with Gasteiger partial charge in [0.15, 0.2) is 9.84 Å². The Bertz CT molecular complexity index is 1270. The summed E-state index contributed by atoms with van der Waals surface area (Å²) in [6.45, 7) is 0. The molecular weight excluding hydrogens is 414 g/mol. The highest BCUT2D eigenvalue weighted by atomic mass is 32.2. The van der Waals surface area contributed by atoms with E-state index >= 15 is 0 Å². The predicted molar refractivity (Wildman–Crippen MR) is 118 cm³/mol. The van der Waals surface area contributed by atoms with E-state index in [2.05, 4.69) is 15.5 Å². The van der Waals surface area contributed by atoms with Gasteiger partial charge in [0, 0.05) is 11.8 Å². The maximum Gasteiger partial charge on any atom is 0.264 e. The molecule has 0 spiro atoms. The van der Waals surface area contributed by atoms with Gasteiger partial charge < -0.3 is 14.6 Å². The smallest absolute Gasteiger partial charge is 0.264 e. The van der Waals surface area contributed by atoms with E-state index in [1.54, 1.807) is 25.3 Å². The Hall–Kier alpha value is -3.65. The van der Waals surface area contributed by atoms with Crippen LogP contribution in [0.15, 0.2) is 88.3 Å². The summed E-state index contributed by atoms with van der Waals surface area (Å²) in [6, 6.07) is 23.3. The number of sulfone groups is 1. The van der Waals surface area contributed by atoms with Crippen LogP contribution in [0.4, 0.5) is 5.95 Å². The van der Waals surface area contributed by atoms with Crippen LogP contribution in [0.2, 0.25) is 0 Å². The van der Waals surface area contributed by atoms with E-state index in [9.17, 15) is 8.42 Å². The van der Waals surface area contributed by atoms with E-state index in [1.807, 2.05) is 60.7 Å². The van der Waals surface area contributed by atoms with Gasteiger partial charge >= 0.3 is 0 Å². The molecule has 1 atom stereocenters. The summed E-state index contributed by atoms with van der Waals surface area (Å²) in [4.78, 5) is 4.68. The molecule has 1 unspecified atom stereocenters. The van der Waals surface area contributed by atoms with Crippen LogP contribution >= 0.6 is 0 Å². The second-order valence-corrected chi connectivity index (χ2v) is 9.00. The summed E-state index contributed by atoms with van der Waals surface area (Å²) in [5, 5.41) is 7.31. The van der Waals surface area contributed by atoms with Gasteiger partial charge in [0.05, 0.1) is 18.0 Å². The lowest BCUT2D eigenvalue weighted by atomic mass is 9.98. The minimum absolute atomic E-state index is 0.239. The normalized spacial score (nSPS) is 12.3. The van der Waals surface area contributed by atoms with Crippen molar-refractivity contribution in [2.75, 3.05) is 18.7 Å². The highest BCUT2D eigenvalue weighted by Gasteiger charge is 2.20. The van der Waals surface area contributed by atoms with Crippen LogP contribution in [0.3, 0.4) is 0 Å². The van der Waals surface area contributed by atoms with Crippen molar-refractivity contribution in [3.8, 4) is 17.2 Å². The van der Waals surface area contributed by atoms with E-state index in [0.717, 1.165) is 22.4 Å². The second kappa shape index (κ2) is 8.61. The monoisotopic (exact) mass is 435 g/mol. The number of hydrogen-bond acceptors (Lipinski definition) is 7. The number of aromatic nitrogens is 2. The molecule has 4 rings (SSSR count). The van der Waals surface area contributed by atoms with E-state index in [0.29, 0.717) is 11.8 Å². The molecule has 0 radical (unpaired) electrons. The predicted octanol–water partition coefficient (Wildman–Crippen LogP) is 4.35. The van der Waals surface area contributed by atoms with Gasteiger partial charge in [-0.2, -0.15) is 4.98 Å². The van der Waals surface area contributed by atoms with Crippen molar-refractivity contribution in [1.82, 2.24) is 10.1 Å². The molecule has 31 heavy (non-hydrogen) atoms. The van der Waals surface area contributed by atoms with Crippen molar-refractivity contribution in [3.63, 3.8) is 0 Å². The highest BCUT2D eigenvalue weighted by Crippen LogP contribution is 2.29. The van der Waals surface area contributed by atoms with Gasteiger partial charge in [-0.05, 0) is 52.7 Å². The molecule has 0 saturated carbocycles. The number of ether oxygens (including phenoxy) is 1. The van der Waals surface area contributed by atoms with Gasteiger partial charge in [0.25, 0.3) is 11.8 Å². The van der Waals surface area contributed by atoms with Crippen LogP contribution in [-0.2, 0) is 9.84 Å². The quantitative estimate of drug-likeness (QED) is 0.461. The van der Waals surface area contributed by atoms with Gasteiger partial charge in [-0.1, -0.05) is 42.5 Å². The van der Waals surface area contributed by atoms with E-state index in [-0.39, 0.29) is 4.90 Å². The Morgan fingerprint density at radius 1 is 0.935 bits per heavy atom. The largest absolute Gasteiger partial charge is 0.497 e. The topological polar surface area (TPSA) is 94.3 Å². The number of nitrogens with one attached hydrogen (secondary N) is 1. The molecule has 8 heteroatoms.